The van der Waals surface area contributed by atoms with Gasteiger partial charge in [-0.3, -0.25) is 4.79 Å². The molecule has 0 radical (unpaired) electrons. The van der Waals surface area contributed by atoms with Gasteiger partial charge in [-0.1, -0.05) is 18.6 Å². The molecule has 0 aliphatic carbocycles. The number of amides is 1. The Hall–Kier alpha value is -1.52. The summed E-state index contributed by atoms with van der Waals surface area (Å²) in [5.74, 6) is -0.492. The van der Waals surface area contributed by atoms with Gasteiger partial charge < -0.3 is 14.4 Å². The summed E-state index contributed by atoms with van der Waals surface area (Å²) in [7, 11) is 0. The van der Waals surface area contributed by atoms with Gasteiger partial charge in [0, 0.05) is 13.1 Å². The highest BCUT2D eigenvalue weighted by atomic mass is 16.6. The summed E-state index contributed by atoms with van der Waals surface area (Å²) in [5.41, 5.74) is -0.523. The third-order valence-electron chi connectivity index (χ3n) is 3.21. The highest BCUT2D eigenvalue weighted by Crippen LogP contribution is 2.20. The van der Waals surface area contributed by atoms with Crippen molar-refractivity contribution in [2.45, 2.75) is 52.6 Å². The number of nitrogens with zero attached hydrogens (tertiary/aromatic N) is 1. The fourth-order valence-corrected chi connectivity index (χ4v) is 2.17. The van der Waals surface area contributed by atoms with Gasteiger partial charge in [0.05, 0.1) is 5.92 Å². The van der Waals surface area contributed by atoms with E-state index in [9.17, 15) is 9.59 Å². The van der Waals surface area contributed by atoms with E-state index in [-0.39, 0.29) is 24.6 Å². The highest BCUT2D eigenvalue weighted by molar-refractivity contribution is 5.74. The zero-order valence-electron chi connectivity index (χ0n) is 13.6. The fourth-order valence-electron chi connectivity index (χ4n) is 2.17. The standard InChI is InChI=1S/C16H27NO4/c1-5-6-11-20-14(18)13-9-7-8-10-17(12-13)15(19)21-16(2,3)4/h5-6,13H,7-12H2,1-4H3/b6-5-. The number of esters is 1. The SMILES string of the molecule is C/C=C\COC(=O)C1CCCCN(C(=O)OC(C)(C)C)C1. The van der Waals surface area contributed by atoms with Gasteiger partial charge >= 0.3 is 12.1 Å². The second kappa shape index (κ2) is 8.05. The molecule has 0 bridgehead atoms. The van der Waals surface area contributed by atoms with E-state index < -0.39 is 5.60 Å². The first-order chi connectivity index (χ1) is 9.83. The number of carbonyl (C=O) groups excluding carboxylic acids is 2. The zero-order chi connectivity index (χ0) is 15.9. The Kier molecular flexibility index (Phi) is 6.72. The summed E-state index contributed by atoms with van der Waals surface area (Å²) in [5, 5.41) is 0. The van der Waals surface area contributed by atoms with Gasteiger partial charge in [0.1, 0.15) is 12.2 Å². The third kappa shape index (κ3) is 6.65. The fraction of sp³-hybridized carbons (Fsp3) is 0.750. The van der Waals surface area contributed by atoms with Crippen LogP contribution < -0.4 is 0 Å². The molecule has 1 unspecified atom stereocenters. The van der Waals surface area contributed by atoms with Crippen LogP contribution in [-0.2, 0) is 14.3 Å². The molecule has 1 amide bonds. The Labute approximate surface area is 127 Å². The molecule has 0 aromatic carbocycles. The summed E-state index contributed by atoms with van der Waals surface area (Å²) < 4.78 is 10.6. The van der Waals surface area contributed by atoms with E-state index in [1.165, 1.54) is 0 Å². The predicted molar refractivity (Wildman–Crippen MR) is 80.9 cm³/mol. The second-order valence-electron chi connectivity index (χ2n) is 6.32. The van der Waals surface area contributed by atoms with E-state index in [1.54, 1.807) is 11.0 Å². The molecule has 5 nitrogen and oxygen atoms in total. The first-order valence-corrected chi connectivity index (χ1v) is 7.59. The first kappa shape index (κ1) is 17.5. The molecule has 1 heterocycles. The van der Waals surface area contributed by atoms with Crippen LogP contribution in [0.2, 0.25) is 0 Å². The van der Waals surface area contributed by atoms with Crippen LogP contribution >= 0.6 is 0 Å². The minimum atomic E-state index is -0.523. The number of rotatable bonds is 3. The zero-order valence-corrected chi connectivity index (χ0v) is 13.6. The van der Waals surface area contributed by atoms with Crippen LogP contribution in [0.4, 0.5) is 4.79 Å². The molecule has 1 atom stereocenters. The number of carbonyl (C=O) groups is 2. The van der Waals surface area contributed by atoms with Gasteiger partial charge in [-0.25, -0.2) is 4.79 Å². The molecule has 1 aliphatic rings. The molecule has 1 aliphatic heterocycles. The quantitative estimate of drug-likeness (QED) is 0.593. The minimum Gasteiger partial charge on any atom is -0.461 e. The molecule has 1 fully saturated rings. The van der Waals surface area contributed by atoms with Gasteiger partial charge in [0.2, 0.25) is 0 Å². The number of likely N-dealkylation sites (tertiary alicyclic amines) is 1. The largest absolute Gasteiger partial charge is 0.461 e. The van der Waals surface area contributed by atoms with Gasteiger partial charge in [0.15, 0.2) is 0 Å². The normalized spacial score (nSPS) is 20.2. The summed E-state index contributed by atoms with van der Waals surface area (Å²) >= 11 is 0. The van der Waals surface area contributed by atoms with Crippen LogP contribution in [0.25, 0.3) is 0 Å². The average Bonchev–Trinajstić information content (AvgIpc) is 2.62. The molecule has 0 spiro atoms. The predicted octanol–water partition coefficient (Wildman–Crippen LogP) is 3.14. The van der Waals surface area contributed by atoms with E-state index in [0.717, 1.165) is 19.3 Å². The van der Waals surface area contributed by atoms with Crippen molar-refractivity contribution in [3.63, 3.8) is 0 Å². The Balaban J connectivity index is 2.59. The molecule has 0 N–H and O–H groups in total. The minimum absolute atomic E-state index is 0.233. The Morgan fingerprint density at radius 3 is 2.62 bits per heavy atom. The lowest BCUT2D eigenvalue weighted by atomic mass is 10.0. The molecule has 5 heteroatoms. The van der Waals surface area contributed by atoms with Crippen LogP contribution in [0.1, 0.15) is 47.0 Å². The molecular formula is C16H27NO4. The number of ether oxygens (including phenoxy) is 2. The third-order valence-corrected chi connectivity index (χ3v) is 3.21. The van der Waals surface area contributed by atoms with Crippen molar-refractivity contribution in [3.05, 3.63) is 12.2 Å². The molecule has 120 valence electrons. The van der Waals surface area contributed by atoms with Crippen LogP contribution in [0.15, 0.2) is 12.2 Å². The second-order valence-corrected chi connectivity index (χ2v) is 6.32. The van der Waals surface area contributed by atoms with Crippen LogP contribution in [0.5, 0.6) is 0 Å². The van der Waals surface area contributed by atoms with Crippen molar-refractivity contribution >= 4 is 12.1 Å². The van der Waals surface area contributed by atoms with Crippen molar-refractivity contribution in [3.8, 4) is 0 Å². The lowest BCUT2D eigenvalue weighted by Crippen LogP contribution is -2.40. The monoisotopic (exact) mass is 297 g/mol. The molecular weight excluding hydrogens is 270 g/mol. The molecule has 0 aromatic rings. The Morgan fingerprint density at radius 2 is 2.00 bits per heavy atom. The van der Waals surface area contributed by atoms with E-state index in [4.69, 9.17) is 9.47 Å². The van der Waals surface area contributed by atoms with E-state index >= 15 is 0 Å². The van der Waals surface area contributed by atoms with Crippen molar-refractivity contribution in [1.29, 1.82) is 0 Å². The Bertz CT molecular complexity index is 384. The smallest absolute Gasteiger partial charge is 0.410 e. The van der Waals surface area contributed by atoms with Gasteiger partial charge in [-0.2, -0.15) is 0 Å². The van der Waals surface area contributed by atoms with Crippen molar-refractivity contribution < 1.29 is 19.1 Å². The first-order valence-electron chi connectivity index (χ1n) is 7.59. The summed E-state index contributed by atoms with van der Waals surface area (Å²) in [6.07, 6.45) is 5.85. The van der Waals surface area contributed by atoms with E-state index in [0.29, 0.717) is 13.1 Å². The maximum absolute atomic E-state index is 12.1. The molecule has 0 saturated carbocycles. The highest BCUT2D eigenvalue weighted by Gasteiger charge is 2.30. The van der Waals surface area contributed by atoms with E-state index in [2.05, 4.69) is 0 Å². The van der Waals surface area contributed by atoms with Crippen molar-refractivity contribution in [2.75, 3.05) is 19.7 Å². The van der Waals surface area contributed by atoms with Crippen LogP contribution in [0.3, 0.4) is 0 Å². The topological polar surface area (TPSA) is 55.8 Å². The van der Waals surface area contributed by atoms with Gasteiger partial charge in [0.25, 0.3) is 0 Å². The lowest BCUT2D eigenvalue weighted by molar-refractivity contribution is -0.147. The van der Waals surface area contributed by atoms with Crippen LogP contribution in [0, 0.1) is 5.92 Å². The summed E-state index contributed by atoms with van der Waals surface area (Å²) in [6, 6.07) is 0. The maximum atomic E-state index is 12.1. The summed E-state index contributed by atoms with van der Waals surface area (Å²) in [4.78, 5) is 25.8. The maximum Gasteiger partial charge on any atom is 0.410 e. The lowest BCUT2D eigenvalue weighted by Gasteiger charge is -2.27. The number of allylic oxidation sites excluding steroid dienone is 1. The van der Waals surface area contributed by atoms with Crippen molar-refractivity contribution in [2.24, 2.45) is 5.92 Å². The summed E-state index contributed by atoms with van der Waals surface area (Å²) in [6.45, 7) is 8.70. The van der Waals surface area contributed by atoms with Crippen molar-refractivity contribution in [1.82, 2.24) is 4.90 Å². The molecule has 1 rings (SSSR count). The molecule has 0 aromatic heterocycles. The number of hydrogen-bond donors (Lipinski definition) is 0. The van der Waals surface area contributed by atoms with Gasteiger partial charge in [-0.15, -0.1) is 0 Å². The molecule has 21 heavy (non-hydrogen) atoms. The average molecular weight is 297 g/mol. The molecule has 1 saturated heterocycles. The number of hydrogen-bond acceptors (Lipinski definition) is 4. The Morgan fingerprint density at radius 1 is 1.29 bits per heavy atom. The van der Waals surface area contributed by atoms with Crippen LogP contribution in [-0.4, -0.2) is 42.3 Å². The van der Waals surface area contributed by atoms with E-state index in [1.807, 2.05) is 33.8 Å². The van der Waals surface area contributed by atoms with Gasteiger partial charge in [-0.05, 0) is 40.5 Å².